The van der Waals surface area contributed by atoms with Crippen LogP contribution in [0.3, 0.4) is 0 Å². The van der Waals surface area contributed by atoms with E-state index >= 15 is 0 Å². The number of rotatable bonds is 8. The molecule has 4 aliphatic carbocycles. The summed E-state index contributed by atoms with van der Waals surface area (Å²) >= 11 is 0. The maximum absolute atomic E-state index is 14.8. The van der Waals surface area contributed by atoms with Gasteiger partial charge in [0.25, 0.3) is 0 Å². The van der Waals surface area contributed by atoms with Crippen molar-refractivity contribution < 1.29 is 64.0 Å². The lowest BCUT2D eigenvalue weighted by molar-refractivity contribution is -0.291. The molecule has 51 heavy (non-hydrogen) atoms. The molecule has 1 unspecified atom stereocenters. The number of fused-ring (bicyclic) bond motifs is 5. The number of allylic oxidation sites excluding steroid dienone is 4. The first-order chi connectivity index (χ1) is 23.3. The second kappa shape index (κ2) is 12.7. The largest absolute Gasteiger partial charge is 0.459 e. The van der Waals surface area contributed by atoms with Gasteiger partial charge in [-0.2, -0.15) is 0 Å². The summed E-state index contributed by atoms with van der Waals surface area (Å²) in [4.78, 5) is 53.9. The molecule has 6 N–H and O–H groups in total. The zero-order valence-electron chi connectivity index (χ0n) is 30.9. The highest BCUT2D eigenvalue weighted by molar-refractivity contribution is 6.02. The Bertz CT molecular complexity index is 1570. The Morgan fingerprint density at radius 3 is 2.22 bits per heavy atom. The smallest absolute Gasteiger partial charge is 0.303 e. The summed E-state index contributed by atoms with van der Waals surface area (Å²) in [5.74, 6) is -4.17. The first-order valence-corrected chi connectivity index (χ1v) is 17.6. The van der Waals surface area contributed by atoms with E-state index in [1.807, 2.05) is 26.8 Å². The van der Waals surface area contributed by atoms with Gasteiger partial charge < -0.3 is 44.8 Å². The van der Waals surface area contributed by atoms with E-state index in [-0.39, 0.29) is 24.4 Å². The van der Waals surface area contributed by atoms with Gasteiger partial charge in [-0.1, -0.05) is 32.4 Å². The minimum atomic E-state index is -2.09. The number of aliphatic hydroxyl groups is 6. The van der Waals surface area contributed by atoms with Gasteiger partial charge in [0, 0.05) is 30.6 Å². The summed E-state index contributed by atoms with van der Waals surface area (Å²) in [5, 5.41) is 64.6. The Hall–Kier alpha value is -2.78. The average Bonchev–Trinajstić information content (AvgIpc) is 3.22. The third-order valence-electron chi connectivity index (χ3n) is 13.3. The van der Waals surface area contributed by atoms with Crippen LogP contribution in [0, 0.1) is 39.4 Å². The lowest BCUT2D eigenvalue weighted by atomic mass is 9.39. The summed E-state index contributed by atoms with van der Waals surface area (Å²) in [6.07, 6.45) is -2.57. The molecule has 0 spiro atoms. The number of aliphatic hydroxyl groups excluding tert-OH is 5. The number of hydrogen-bond donors (Lipinski definition) is 6. The molecular weight excluding hydrogens is 664 g/mol. The molecule has 0 radical (unpaired) electrons. The van der Waals surface area contributed by atoms with Crippen molar-refractivity contribution in [1.82, 2.24) is 0 Å². The van der Waals surface area contributed by atoms with Gasteiger partial charge in [0.05, 0.1) is 18.1 Å². The van der Waals surface area contributed by atoms with Gasteiger partial charge in [-0.25, -0.2) is 0 Å². The SMILES string of the molecule is CC(=O)OC(C)(C)/C=C/C(=O)[C@@](C)(O)[C@@H]1C(O)C[C@]2(C)[C@H]3CC=C4[C@H](C=C(O[C@H]5O[C@@H](CO)[C@H](O)[C@@H](O)[C@@H]5O)C(=O)C4(C)C)[C@@]3(C)C(=O)C[C@@]12C. The van der Waals surface area contributed by atoms with Crippen molar-refractivity contribution in [3.63, 3.8) is 0 Å². The van der Waals surface area contributed by atoms with Crippen LogP contribution in [0.5, 0.6) is 0 Å². The Kier molecular flexibility index (Phi) is 9.80. The average molecular weight is 719 g/mol. The molecule has 0 aromatic heterocycles. The molecule has 0 amide bonds. The maximum Gasteiger partial charge on any atom is 0.303 e. The number of carbonyl (C=O) groups is 4. The Morgan fingerprint density at radius 1 is 1.00 bits per heavy atom. The zero-order valence-corrected chi connectivity index (χ0v) is 30.9. The number of esters is 1. The van der Waals surface area contributed by atoms with Crippen molar-refractivity contribution in [2.24, 2.45) is 39.4 Å². The van der Waals surface area contributed by atoms with Gasteiger partial charge in [0.15, 0.2) is 11.5 Å². The molecule has 13 atom stereocenters. The third kappa shape index (κ3) is 5.87. The second-order valence-electron chi connectivity index (χ2n) is 17.2. The van der Waals surface area contributed by atoms with Crippen LogP contribution < -0.4 is 0 Å². The molecular formula is C38H54O13. The lowest BCUT2D eigenvalue weighted by Gasteiger charge is -2.63. The first-order valence-electron chi connectivity index (χ1n) is 17.6. The number of ketones is 3. The van der Waals surface area contributed by atoms with E-state index in [9.17, 15) is 49.8 Å². The number of hydrogen-bond acceptors (Lipinski definition) is 13. The summed E-state index contributed by atoms with van der Waals surface area (Å²) in [6, 6.07) is 0. The fourth-order valence-corrected chi connectivity index (χ4v) is 10.3. The molecule has 0 bridgehead atoms. The lowest BCUT2D eigenvalue weighted by Crippen LogP contribution is -2.64. The molecule has 5 aliphatic rings. The number of Topliss-reactive ketones (excluding diaryl/α,β-unsaturated/α-hetero) is 2. The number of ether oxygens (including phenoxy) is 3. The van der Waals surface area contributed by atoms with Gasteiger partial charge in [-0.3, -0.25) is 19.2 Å². The van der Waals surface area contributed by atoms with Gasteiger partial charge in [0.2, 0.25) is 12.1 Å². The summed E-state index contributed by atoms with van der Waals surface area (Å²) in [6.45, 7) is 14.2. The van der Waals surface area contributed by atoms with Crippen LogP contribution in [0.4, 0.5) is 0 Å². The van der Waals surface area contributed by atoms with Crippen LogP contribution in [0.1, 0.15) is 81.6 Å². The quantitative estimate of drug-likeness (QED) is 0.119. The number of carbonyl (C=O) groups excluding carboxylic acids is 4. The first kappa shape index (κ1) is 39.4. The van der Waals surface area contributed by atoms with Crippen molar-refractivity contribution in [1.29, 1.82) is 0 Å². The van der Waals surface area contributed by atoms with Crippen molar-refractivity contribution in [2.45, 2.75) is 130 Å². The highest BCUT2D eigenvalue weighted by Gasteiger charge is 2.74. The second-order valence-corrected chi connectivity index (χ2v) is 17.2. The van der Waals surface area contributed by atoms with Crippen LogP contribution in [-0.2, 0) is 33.4 Å². The minimum absolute atomic E-state index is 0.0841. The van der Waals surface area contributed by atoms with E-state index in [0.717, 1.165) is 6.08 Å². The van der Waals surface area contributed by atoms with Gasteiger partial charge in [-0.05, 0) is 82.4 Å². The molecule has 1 heterocycles. The zero-order chi connectivity index (χ0) is 38.4. The topological polar surface area (TPSA) is 217 Å². The monoisotopic (exact) mass is 718 g/mol. The van der Waals surface area contributed by atoms with Crippen LogP contribution in [0.15, 0.2) is 35.6 Å². The molecule has 0 aromatic carbocycles. The summed E-state index contributed by atoms with van der Waals surface area (Å²) in [5.41, 5.74) is -6.62. The summed E-state index contributed by atoms with van der Waals surface area (Å²) < 4.78 is 16.7. The summed E-state index contributed by atoms with van der Waals surface area (Å²) in [7, 11) is 0. The molecule has 1 aliphatic heterocycles. The maximum atomic E-state index is 14.8. The van der Waals surface area contributed by atoms with Crippen molar-refractivity contribution in [3.8, 4) is 0 Å². The van der Waals surface area contributed by atoms with Crippen LogP contribution in [0.2, 0.25) is 0 Å². The van der Waals surface area contributed by atoms with Crippen LogP contribution in [-0.4, -0.2) is 109 Å². The standard InChI is InChI=1S/C38H54O13/c1-18(40)51-33(2,3)13-12-25(42)38(9,48)30-21(41)15-35(6)24-11-10-19-20(37(24,8)26(43)16-36(30,35)7)14-22(31(47)34(19,4)5)49-32-29(46)28(45)27(44)23(17-39)50-32/h10,12-14,20-21,23-24,27-30,32,39,41,44-46,48H,11,15-17H2,1-9H3/b13-12+/t20-,21?,23-,24+,27-,28+,29-,30+,32-,35+,36-,37+,38+/m0/s1. The van der Waals surface area contributed by atoms with Crippen molar-refractivity contribution in [2.75, 3.05) is 6.61 Å². The van der Waals surface area contributed by atoms with E-state index in [1.165, 1.54) is 19.9 Å². The van der Waals surface area contributed by atoms with E-state index in [2.05, 4.69) is 0 Å². The van der Waals surface area contributed by atoms with Gasteiger partial charge in [-0.15, -0.1) is 0 Å². The normalized spacial score (nSPS) is 43.3. The van der Waals surface area contributed by atoms with Gasteiger partial charge >= 0.3 is 5.97 Å². The Morgan fingerprint density at radius 2 is 1.63 bits per heavy atom. The van der Waals surface area contributed by atoms with Crippen molar-refractivity contribution >= 4 is 23.3 Å². The van der Waals surface area contributed by atoms with Crippen LogP contribution >= 0.6 is 0 Å². The molecule has 13 heteroatoms. The molecule has 284 valence electrons. The van der Waals surface area contributed by atoms with E-state index in [4.69, 9.17) is 14.2 Å². The fraction of sp³-hybridized carbons (Fsp3) is 0.737. The molecule has 2 saturated carbocycles. The molecule has 1 saturated heterocycles. The third-order valence-corrected chi connectivity index (χ3v) is 13.3. The predicted molar refractivity (Wildman–Crippen MR) is 180 cm³/mol. The highest BCUT2D eigenvalue weighted by atomic mass is 16.7. The molecule has 13 nitrogen and oxygen atoms in total. The van der Waals surface area contributed by atoms with E-state index < -0.39 is 112 Å². The fourth-order valence-electron chi connectivity index (χ4n) is 10.3. The Labute approximate surface area is 298 Å². The highest BCUT2D eigenvalue weighted by Crippen LogP contribution is 2.73. The van der Waals surface area contributed by atoms with Crippen LogP contribution in [0.25, 0.3) is 0 Å². The Balaban J connectivity index is 1.52. The predicted octanol–water partition coefficient (Wildman–Crippen LogP) is 1.45. The molecule has 5 rings (SSSR count). The minimum Gasteiger partial charge on any atom is -0.459 e. The van der Waals surface area contributed by atoms with E-state index in [0.29, 0.717) is 12.0 Å². The van der Waals surface area contributed by atoms with E-state index in [1.54, 1.807) is 33.8 Å². The van der Waals surface area contributed by atoms with Gasteiger partial charge in [0.1, 0.15) is 41.4 Å². The molecule has 0 aromatic rings. The van der Waals surface area contributed by atoms with Crippen molar-refractivity contribution in [3.05, 3.63) is 35.6 Å². The molecule has 3 fully saturated rings.